The van der Waals surface area contributed by atoms with Gasteiger partial charge in [0, 0.05) is 13.1 Å². The molecule has 6 heteroatoms. The Morgan fingerprint density at radius 2 is 1.84 bits per heavy atom. The van der Waals surface area contributed by atoms with Crippen LogP contribution in [0.4, 0.5) is 10.1 Å². The Morgan fingerprint density at radius 3 is 2.42 bits per heavy atom. The summed E-state index contributed by atoms with van der Waals surface area (Å²) in [6.45, 7) is 0. The van der Waals surface area contributed by atoms with Gasteiger partial charge in [-0.1, -0.05) is 29.8 Å². The predicted molar refractivity (Wildman–Crippen MR) is 72.3 cm³/mol. The van der Waals surface area contributed by atoms with Gasteiger partial charge in [-0.15, -0.1) is 0 Å². The minimum absolute atomic E-state index is 0.0186. The third-order valence-electron chi connectivity index (χ3n) is 2.55. The van der Waals surface area contributed by atoms with E-state index < -0.39 is 15.8 Å². The molecule has 0 aromatic heterocycles. The van der Waals surface area contributed by atoms with E-state index in [1.54, 1.807) is 18.2 Å². The van der Waals surface area contributed by atoms with Gasteiger partial charge in [0.1, 0.15) is 5.82 Å². The van der Waals surface area contributed by atoms with Gasteiger partial charge < -0.3 is 0 Å². The number of hydrogen-bond donors (Lipinski definition) is 0. The zero-order valence-electron chi connectivity index (χ0n) is 9.97. The standard InChI is InChI=1S/C13H10ClFNO2S/c1-16(12-8-10(14)7-11(15)9-12)19(17,18)13-5-3-2-4-6-13/h2-6,8-9H,1H3. The van der Waals surface area contributed by atoms with Crippen LogP contribution in [0.3, 0.4) is 0 Å². The van der Waals surface area contributed by atoms with Crippen molar-refractivity contribution < 1.29 is 12.8 Å². The number of sulfonamides is 1. The molecule has 0 heterocycles. The highest BCUT2D eigenvalue weighted by atomic mass is 35.5. The summed E-state index contributed by atoms with van der Waals surface area (Å²) in [6.07, 6.45) is 0. The molecule has 0 spiro atoms. The first-order chi connectivity index (χ1) is 8.91. The molecule has 3 nitrogen and oxygen atoms in total. The van der Waals surface area contributed by atoms with Crippen LogP contribution >= 0.6 is 11.6 Å². The molecule has 2 rings (SSSR count). The van der Waals surface area contributed by atoms with Gasteiger partial charge in [0.15, 0.2) is 0 Å². The quantitative estimate of drug-likeness (QED) is 0.873. The highest BCUT2D eigenvalue weighted by molar-refractivity contribution is 7.92. The Morgan fingerprint density at radius 1 is 1.21 bits per heavy atom. The molecule has 0 N–H and O–H groups in total. The molecule has 99 valence electrons. The second kappa shape index (κ2) is 5.19. The Labute approximate surface area is 116 Å². The van der Waals surface area contributed by atoms with Crippen LogP contribution in [-0.4, -0.2) is 15.5 Å². The fraction of sp³-hybridized carbons (Fsp3) is 0.0769. The average Bonchev–Trinajstić information content (AvgIpc) is 2.37. The van der Waals surface area contributed by atoms with Crippen LogP contribution in [-0.2, 0) is 10.0 Å². The molecule has 0 saturated carbocycles. The molecule has 19 heavy (non-hydrogen) atoms. The lowest BCUT2D eigenvalue weighted by Gasteiger charge is -2.19. The zero-order chi connectivity index (χ0) is 14.0. The molecule has 0 amide bonds. The van der Waals surface area contributed by atoms with Crippen molar-refractivity contribution in [3.8, 4) is 0 Å². The van der Waals surface area contributed by atoms with E-state index in [0.717, 1.165) is 10.4 Å². The van der Waals surface area contributed by atoms with Crippen LogP contribution in [0.15, 0.2) is 47.4 Å². The van der Waals surface area contributed by atoms with E-state index in [-0.39, 0.29) is 15.6 Å². The monoisotopic (exact) mass is 298 g/mol. The molecule has 0 aliphatic rings. The van der Waals surface area contributed by atoms with E-state index in [2.05, 4.69) is 6.07 Å². The summed E-state index contributed by atoms with van der Waals surface area (Å²) in [7, 11) is -2.39. The van der Waals surface area contributed by atoms with Crippen LogP contribution in [0, 0.1) is 11.9 Å². The average molecular weight is 299 g/mol. The van der Waals surface area contributed by atoms with Crippen molar-refractivity contribution in [1.82, 2.24) is 0 Å². The lowest BCUT2D eigenvalue weighted by molar-refractivity contribution is 0.594. The molecule has 0 saturated heterocycles. The molecule has 0 aliphatic carbocycles. The van der Waals surface area contributed by atoms with Crippen LogP contribution < -0.4 is 4.31 Å². The smallest absolute Gasteiger partial charge is 0.264 e. The van der Waals surface area contributed by atoms with Crippen LogP contribution in [0.1, 0.15) is 0 Å². The maximum Gasteiger partial charge on any atom is 0.264 e. The van der Waals surface area contributed by atoms with Crippen molar-refractivity contribution in [2.75, 3.05) is 11.4 Å². The van der Waals surface area contributed by atoms with Gasteiger partial charge in [0.05, 0.1) is 15.6 Å². The molecular formula is C13H10ClFNO2S. The summed E-state index contributed by atoms with van der Waals surface area (Å²) < 4.78 is 38.8. The number of benzene rings is 2. The van der Waals surface area contributed by atoms with Gasteiger partial charge in [-0.3, -0.25) is 4.31 Å². The molecule has 0 unspecified atom stereocenters. The number of rotatable bonds is 3. The Kier molecular flexibility index (Phi) is 3.78. The summed E-state index contributed by atoms with van der Waals surface area (Å²) in [4.78, 5) is 0.127. The first kappa shape index (κ1) is 13.8. The second-order valence-corrected chi connectivity index (χ2v) is 6.20. The van der Waals surface area contributed by atoms with Crippen LogP contribution in [0.2, 0.25) is 5.02 Å². The van der Waals surface area contributed by atoms with Crippen molar-refractivity contribution in [1.29, 1.82) is 0 Å². The molecule has 1 radical (unpaired) electrons. The van der Waals surface area contributed by atoms with Crippen molar-refractivity contribution in [3.63, 3.8) is 0 Å². The van der Waals surface area contributed by atoms with Gasteiger partial charge >= 0.3 is 0 Å². The third-order valence-corrected chi connectivity index (χ3v) is 4.56. The lowest BCUT2D eigenvalue weighted by atomic mass is 10.3. The van der Waals surface area contributed by atoms with Crippen LogP contribution in [0.25, 0.3) is 0 Å². The van der Waals surface area contributed by atoms with E-state index in [1.807, 2.05) is 0 Å². The summed E-state index contributed by atoms with van der Waals surface area (Å²) >= 11 is 5.67. The largest absolute Gasteiger partial charge is 0.269 e. The van der Waals surface area contributed by atoms with E-state index >= 15 is 0 Å². The normalized spacial score (nSPS) is 11.3. The zero-order valence-corrected chi connectivity index (χ0v) is 11.5. The maximum atomic E-state index is 13.2. The van der Waals surface area contributed by atoms with E-state index in [9.17, 15) is 12.8 Å². The number of hydrogen-bond acceptors (Lipinski definition) is 2. The minimum Gasteiger partial charge on any atom is -0.269 e. The fourth-order valence-electron chi connectivity index (χ4n) is 1.56. The summed E-state index contributed by atoms with van der Waals surface area (Å²) in [5, 5.41) is 0.0186. The fourth-order valence-corrected chi connectivity index (χ4v) is 2.96. The maximum absolute atomic E-state index is 13.2. The van der Waals surface area contributed by atoms with Gasteiger partial charge in [-0.2, -0.15) is 0 Å². The van der Waals surface area contributed by atoms with Crippen molar-refractivity contribution in [3.05, 3.63) is 59.4 Å². The Hall–Kier alpha value is -1.59. The molecule has 0 bridgehead atoms. The Balaban J connectivity index is 2.46. The van der Waals surface area contributed by atoms with Gasteiger partial charge in [-0.05, 0) is 24.3 Å². The van der Waals surface area contributed by atoms with Gasteiger partial charge in [-0.25, -0.2) is 12.8 Å². The number of nitrogens with zero attached hydrogens (tertiary/aromatic N) is 1. The van der Waals surface area contributed by atoms with E-state index in [0.29, 0.717) is 0 Å². The minimum atomic E-state index is -3.73. The summed E-state index contributed by atoms with van der Waals surface area (Å²) in [6, 6.07) is 12.5. The van der Waals surface area contributed by atoms with Crippen molar-refractivity contribution in [2.24, 2.45) is 0 Å². The lowest BCUT2D eigenvalue weighted by Crippen LogP contribution is -2.26. The van der Waals surface area contributed by atoms with Crippen LogP contribution in [0.5, 0.6) is 0 Å². The number of halogens is 2. The van der Waals surface area contributed by atoms with E-state index in [4.69, 9.17) is 11.6 Å². The highest BCUT2D eigenvalue weighted by Crippen LogP contribution is 2.25. The van der Waals surface area contributed by atoms with E-state index in [1.165, 1.54) is 25.2 Å². The molecule has 0 fully saturated rings. The predicted octanol–water partition coefficient (Wildman–Crippen LogP) is 3.10. The molecule has 0 atom stereocenters. The van der Waals surface area contributed by atoms with Gasteiger partial charge in [0.2, 0.25) is 0 Å². The molecular weight excluding hydrogens is 289 g/mol. The summed E-state index contributed by atoms with van der Waals surface area (Å²) in [5.41, 5.74) is 0.144. The highest BCUT2D eigenvalue weighted by Gasteiger charge is 2.21. The van der Waals surface area contributed by atoms with Crippen molar-refractivity contribution >= 4 is 27.3 Å². The molecule has 2 aromatic carbocycles. The first-order valence-corrected chi connectivity index (χ1v) is 7.15. The Bertz CT molecular complexity index is 669. The summed E-state index contributed by atoms with van der Waals surface area (Å²) in [5.74, 6) is -0.711. The van der Waals surface area contributed by atoms with Crippen molar-refractivity contribution in [2.45, 2.75) is 4.90 Å². The molecule has 2 aromatic rings. The topological polar surface area (TPSA) is 37.4 Å². The third kappa shape index (κ3) is 2.88. The molecule has 0 aliphatic heterocycles. The second-order valence-electron chi connectivity index (χ2n) is 3.82. The van der Waals surface area contributed by atoms with Gasteiger partial charge in [0.25, 0.3) is 10.0 Å². The first-order valence-electron chi connectivity index (χ1n) is 5.33. The SMILES string of the molecule is CN(c1cc(F)[c]c(Cl)c1)S(=O)(=O)c1ccccc1. The number of anilines is 1.